The summed E-state index contributed by atoms with van der Waals surface area (Å²) < 4.78 is 5.73. The van der Waals surface area contributed by atoms with Crippen molar-refractivity contribution < 1.29 is 4.74 Å². The minimum Gasteiger partial charge on any atom is -0.493 e. The van der Waals surface area contributed by atoms with Crippen LogP contribution in [0, 0.1) is 5.92 Å². The van der Waals surface area contributed by atoms with Crippen molar-refractivity contribution >= 4 is 5.96 Å². The molecule has 0 fully saturated rings. The van der Waals surface area contributed by atoms with Gasteiger partial charge in [-0.3, -0.25) is 9.98 Å². The van der Waals surface area contributed by atoms with Crippen LogP contribution in [0.2, 0.25) is 0 Å². The summed E-state index contributed by atoms with van der Waals surface area (Å²) in [6.07, 6.45) is 1.79. The molecule has 0 saturated carbocycles. The quantitative estimate of drug-likeness (QED) is 0.598. The number of rotatable bonds is 7. The average molecular weight is 340 g/mol. The Balaban J connectivity index is 1.87. The maximum Gasteiger partial charge on any atom is 0.191 e. The molecule has 2 N–H and O–H groups in total. The van der Waals surface area contributed by atoms with Gasteiger partial charge in [-0.15, -0.1) is 0 Å². The summed E-state index contributed by atoms with van der Waals surface area (Å²) in [5.41, 5.74) is 2.16. The Morgan fingerprint density at radius 3 is 2.48 bits per heavy atom. The standard InChI is InChI=1S/C20H28N4O/c1-15(2)14-25-19-10-8-17(9-11-19)16(3)24-20(21-4)23-13-18-7-5-6-12-22-18/h5-12,15-16H,13-14H2,1-4H3,(H2,21,23,24). The van der Waals surface area contributed by atoms with Gasteiger partial charge in [-0.1, -0.05) is 32.0 Å². The number of pyridine rings is 1. The van der Waals surface area contributed by atoms with Gasteiger partial charge in [0.1, 0.15) is 5.75 Å². The molecule has 0 aliphatic rings. The number of aromatic nitrogens is 1. The molecule has 1 aromatic carbocycles. The van der Waals surface area contributed by atoms with Crippen LogP contribution in [-0.2, 0) is 6.54 Å². The van der Waals surface area contributed by atoms with Crippen LogP contribution in [0.5, 0.6) is 5.75 Å². The van der Waals surface area contributed by atoms with Crippen molar-refractivity contribution in [1.82, 2.24) is 15.6 Å². The molecule has 0 amide bonds. The summed E-state index contributed by atoms with van der Waals surface area (Å²) in [6.45, 7) is 7.76. The molecule has 0 bridgehead atoms. The zero-order chi connectivity index (χ0) is 18.1. The Kier molecular flexibility index (Phi) is 7.26. The van der Waals surface area contributed by atoms with Crippen LogP contribution in [0.25, 0.3) is 0 Å². The van der Waals surface area contributed by atoms with E-state index < -0.39 is 0 Å². The van der Waals surface area contributed by atoms with Gasteiger partial charge in [-0.2, -0.15) is 0 Å². The molecular formula is C20H28N4O. The second kappa shape index (κ2) is 9.67. The second-order valence-corrected chi connectivity index (χ2v) is 6.39. The van der Waals surface area contributed by atoms with Crippen molar-refractivity contribution in [2.24, 2.45) is 10.9 Å². The molecule has 1 unspecified atom stereocenters. The fourth-order valence-corrected chi connectivity index (χ4v) is 2.28. The van der Waals surface area contributed by atoms with Crippen LogP contribution in [0.3, 0.4) is 0 Å². The first-order valence-electron chi connectivity index (χ1n) is 8.68. The molecule has 1 heterocycles. The third-order valence-corrected chi connectivity index (χ3v) is 3.70. The van der Waals surface area contributed by atoms with E-state index in [0.717, 1.165) is 24.0 Å². The normalized spacial score (nSPS) is 12.8. The molecule has 0 aliphatic carbocycles. The van der Waals surface area contributed by atoms with Gasteiger partial charge in [-0.25, -0.2) is 0 Å². The van der Waals surface area contributed by atoms with E-state index in [0.29, 0.717) is 12.5 Å². The largest absolute Gasteiger partial charge is 0.493 e. The minimum absolute atomic E-state index is 0.133. The second-order valence-electron chi connectivity index (χ2n) is 6.39. The number of nitrogens with zero attached hydrogens (tertiary/aromatic N) is 2. The topological polar surface area (TPSA) is 58.5 Å². The van der Waals surface area contributed by atoms with Crippen LogP contribution in [-0.4, -0.2) is 24.6 Å². The number of benzene rings is 1. The maximum atomic E-state index is 5.73. The van der Waals surface area contributed by atoms with Crippen molar-refractivity contribution in [2.45, 2.75) is 33.4 Å². The predicted molar refractivity (Wildman–Crippen MR) is 103 cm³/mol. The molecular weight excluding hydrogens is 312 g/mol. The van der Waals surface area contributed by atoms with Crippen molar-refractivity contribution in [3.63, 3.8) is 0 Å². The third-order valence-electron chi connectivity index (χ3n) is 3.70. The summed E-state index contributed by atoms with van der Waals surface area (Å²) >= 11 is 0. The van der Waals surface area contributed by atoms with Crippen LogP contribution in [0.4, 0.5) is 0 Å². The van der Waals surface area contributed by atoms with E-state index in [2.05, 4.69) is 53.5 Å². The highest BCUT2D eigenvalue weighted by Crippen LogP contribution is 2.18. The van der Waals surface area contributed by atoms with Crippen molar-refractivity contribution in [3.8, 4) is 5.75 Å². The van der Waals surface area contributed by atoms with E-state index in [4.69, 9.17) is 4.74 Å². The summed E-state index contributed by atoms with van der Waals surface area (Å²) in [6, 6.07) is 14.2. The highest BCUT2D eigenvalue weighted by molar-refractivity contribution is 5.80. The van der Waals surface area contributed by atoms with Gasteiger partial charge in [0.05, 0.1) is 24.9 Å². The first-order valence-corrected chi connectivity index (χ1v) is 8.68. The monoisotopic (exact) mass is 340 g/mol. The van der Waals surface area contributed by atoms with Gasteiger partial charge in [0.25, 0.3) is 0 Å². The highest BCUT2D eigenvalue weighted by Gasteiger charge is 2.08. The minimum atomic E-state index is 0.133. The number of hydrogen-bond donors (Lipinski definition) is 2. The van der Waals surface area contributed by atoms with Crippen LogP contribution >= 0.6 is 0 Å². The Bertz CT molecular complexity index is 653. The molecule has 0 spiro atoms. The number of aliphatic imine (C=N–C) groups is 1. The molecule has 0 saturated heterocycles. The van der Waals surface area contributed by atoms with Crippen LogP contribution in [0.1, 0.15) is 38.1 Å². The van der Waals surface area contributed by atoms with Crippen LogP contribution in [0.15, 0.2) is 53.7 Å². The maximum absolute atomic E-state index is 5.73. The molecule has 25 heavy (non-hydrogen) atoms. The van der Waals surface area contributed by atoms with Crippen LogP contribution < -0.4 is 15.4 Å². The first-order chi connectivity index (χ1) is 12.1. The van der Waals surface area contributed by atoms with Gasteiger partial charge < -0.3 is 15.4 Å². The molecule has 5 nitrogen and oxygen atoms in total. The lowest BCUT2D eigenvalue weighted by molar-refractivity contribution is 0.271. The van der Waals surface area contributed by atoms with Gasteiger partial charge >= 0.3 is 0 Å². The van der Waals surface area contributed by atoms with Gasteiger partial charge in [-0.05, 0) is 42.7 Å². The molecule has 0 aliphatic heterocycles. The molecule has 0 radical (unpaired) electrons. The van der Waals surface area contributed by atoms with Crippen molar-refractivity contribution in [3.05, 3.63) is 59.9 Å². The van der Waals surface area contributed by atoms with E-state index in [1.54, 1.807) is 13.2 Å². The third kappa shape index (κ3) is 6.45. The SMILES string of the molecule is CN=C(NCc1ccccn1)NC(C)c1ccc(OCC(C)C)cc1. The summed E-state index contributed by atoms with van der Waals surface area (Å²) in [5, 5.41) is 6.68. The lowest BCUT2D eigenvalue weighted by Gasteiger charge is -2.18. The number of guanidine groups is 1. The van der Waals surface area contributed by atoms with Gasteiger partial charge in [0.15, 0.2) is 5.96 Å². The smallest absolute Gasteiger partial charge is 0.191 e. The zero-order valence-corrected chi connectivity index (χ0v) is 15.5. The van der Waals surface area contributed by atoms with E-state index in [1.165, 1.54) is 5.56 Å². The fraction of sp³-hybridized carbons (Fsp3) is 0.400. The van der Waals surface area contributed by atoms with Gasteiger partial charge in [0, 0.05) is 13.2 Å². The lowest BCUT2D eigenvalue weighted by atomic mass is 10.1. The number of nitrogens with one attached hydrogen (secondary N) is 2. The Labute approximate surface area is 150 Å². The lowest BCUT2D eigenvalue weighted by Crippen LogP contribution is -2.38. The molecule has 5 heteroatoms. The molecule has 1 aromatic heterocycles. The fourth-order valence-electron chi connectivity index (χ4n) is 2.28. The Hall–Kier alpha value is -2.56. The number of ether oxygens (including phenoxy) is 1. The van der Waals surface area contributed by atoms with Gasteiger partial charge in [0.2, 0.25) is 0 Å². The molecule has 1 atom stereocenters. The van der Waals surface area contributed by atoms with E-state index in [1.807, 2.05) is 30.3 Å². The Morgan fingerprint density at radius 2 is 1.88 bits per heavy atom. The summed E-state index contributed by atoms with van der Waals surface area (Å²) in [7, 11) is 1.77. The van der Waals surface area contributed by atoms with Crippen molar-refractivity contribution in [1.29, 1.82) is 0 Å². The molecule has 134 valence electrons. The zero-order valence-electron chi connectivity index (χ0n) is 15.5. The van der Waals surface area contributed by atoms with E-state index >= 15 is 0 Å². The first kappa shape index (κ1) is 18.8. The summed E-state index contributed by atoms with van der Waals surface area (Å²) in [5.74, 6) is 2.18. The Morgan fingerprint density at radius 1 is 1.12 bits per heavy atom. The van der Waals surface area contributed by atoms with E-state index in [-0.39, 0.29) is 6.04 Å². The number of hydrogen-bond acceptors (Lipinski definition) is 3. The molecule has 2 rings (SSSR count). The van der Waals surface area contributed by atoms with E-state index in [9.17, 15) is 0 Å². The van der Waals surface area contributed by atoms with Crippen molar-refractivity contribution in [2.75, 3.05) is 13.7 Å². The highest BCUT2D eigenvalue weighted by atomic mass is 16.5. The predicted octanol–water partition coefficient (Wildman–Crippen LogP) is 3.54. The summed E-state index contributed by atoms with van der Waals surface area (Å²) in [4.78, 5) is 8.58. The molecule has 2 aromatic rings. The average Bonchev–Trinajstić information content (AvgIpc) is 2.64.